The van der Waals surface area contributed by atoms with E-state index < -0.39 is 5.82 Å². The molecule has 1 aromatic carbocycles. The van der Waals surface area contributed by atoms with Gasteiger partial charge in [-0.3, -0.25) is 4.90 Å². The van der Waals surface area contributed by atoms with E-state index in [1.165, 1.54) is 12.1 Å². The highest BCUT2D eigenvalue weighted by Gasteiger charge is 2.33. The molecule has 0 bridgehead atoms. The molecule has 1 saturated heterocycles. The average Bonchev–Trinajstić information content (AvgIpc) is 2.71. The van der Waals surface area contributed by atoms with Crippen molar-refractivity contribution < 1.29 is 8.78 Å². The third-order valence-electron chi connectivity index (χ3n) is 3.89. The van der Waals surface area contributed by atoms with Crippen molar-refractivity contribution in [2.75, 3.05) is 20.1 Å². The van der Waals surface area contributed by atoms with Gasteiger partial charge in [0, 0.05) is 18.2 Å². The van der Waals surface area contributed by atoms with Gasteiger partial charge in [0.2, 0.25) is 0 Å². The maximum absolute atomic E-state index is 14.3. The fourth-order valence-electron chi connectivity index (χ4n) is 2.81. The molecule has 100 valence electrons. The van der Waals surface area contributed by atoms with Gasteiger partial charge >= 0.3 is 0 Å². The molecule has 2 N–H and O–H groups in total. The quantitative estimate of drug-likeness (QED) is 0.898. The van der Waals surface area contributed by atoms with Crippen molar-refractivity contribution >= 4 is 0 Å². The summed E-state index contributed by atoms with van der Waals surface area (Å²) in [6.07, 6.45) is 1.31. The van der Waals surface area contributed by atoms with Crippen LogP contribution in [-0.4, -0.2) is 25.0 Å². The van der Waals surface area contributed by atoms with Crippen LogP contribution >= 0.6 is 0 Å². The molecule has 4 heteroatoms. The average molecular weight is 254 g/mol. The molecule has 2 rings (SSSR count). The number of benzene rings is 1. The maximum atomic E-state index is 14.3. The van der Waals surface area contributed by atoms with Crippen molar-refractivity contribution in [3.8, 4) is 0 Å². The molecule has 2 unspecified atom stereocenters. The summed E-state index contributed by atoms with van der Waals surface area (Å²) in [5.41, 5.74) is 6.45. The minimum atomic E-state index is -0.445. The van der Waals surface area contributed by atoms with E-state index in [2.05, 4.69) is 0 Å². The van der Waals surface area contributed by atoms with Crippen molar-refractivity contribution in [3.63, 3.8) is 0 Å². The number of hydrogen-bond acceptors (Lipinski definition) is 2. The Morgan fingerprint density at radius 3 is 2.67 bits per heavy atom. The summed E-state index contributed by atoms with van der Waals surface area (Å²) >= 11 is 0. The van der Waals surface area contributed by atoms with E-state index in [-0.39, 0.29) is 17.4 Å². The third-order valence-corrected chi connectivity index (χ3v) is 3.89. The Kier molecular flexibility index (Phi) is 3.97. The van der Waals surface area contributed by atoms with Crippen LogP contribution in [0.1, 0.15) is 30.5 Å². The van der Waals surface area contributed by atoms with E-state index in [0.717, 1.165) is 13.0 Å². The summed E-state index contributed by atoms with van der Waals surface area (Å²) < 4.78 is 28.2. The molecule has 0 spiro atoms. The number of nitrogens with zero attached hydrogens (tertiary/aromatic N) is 1. The molecule has 1 aliphatic rings. The lowest BCUT2D eigenvalue weighted by Crippen LogP contribution is -2.22. The molecule has 0 aliphatic carbocycles. The summed E-state index contributed by atoms with van der Waals surface area (Å²) in [6.45, 7) is 3.25. The first-order chi connectivity index (χ1) is 8.58. The first-order valence-corrected chi connectivity index (χ1v) is 6.45. The molecule has 1 aliphatic heterocycles. The molecule has 2 nitrogen and oxygen atoms in total. The van der Waals surface area contributed by atoms with Gasteiger partial charge < -0.3 is 5.73 Å². The minimum absolute atomic E-state index is 0.190. The van der Waals surface area contributed by atoms with Crippen LogP contribution < -0.4 is 5.73 Å². The smallest absolute Gasteiger partial charge is 0.134 e. The van der Waals surface area contributed by atoms with E-state index >= 15 is 0 Å². The van der Waals surface area contributed by atoms with Crippen molar-refractivity contribution in [1.29, 1.82) is 0 Å². The lowest BCUT2D eigenvalue weighted by Gasteiger charge is -2.21. The number of hydrogen-bond donors (Lipinski definition) is 1. The normalized spacial score (nSPS) is 24.7. The molecule has 0 saturated carbocycles. The highest BCUT2D eigenvalue weighted by atomic mass is 19.1. The van der Waals surface area contributed by atoms with Crippen LogP contribution in [0.5, 0.6) is 0 Å². The Morgan fingerprint density at radius 2 is 2.11 bits per heavy atom. The predicted octanol–water partition coefficient (Wildman–Crippen LogP) is 2.48. The van der Waals surface area contributed by atoms with Crippen molar-refractivity contribution in [1.82, 2.24) is 4.90 Å². The van der Waals surface area contributed by atoms with Crippen LogP contribution in [0.3, 0.4) is 0 Å². The van der Waals surface area contributed by atoms with Crippen LogP contribution in [0.2, 0.25) is 0 Å². The largest absolute Gasteiger partial charge is 0.330 e. The number of rotatable bonds is 3. The van der Waals surface area contributed by atoms with E-state index in [4.69, 9.17) is 5.73 Å². The van der Waals surface area contributed by atoms with E-state index in [0.29, 0.717) is 24.4 Å². The highest BCUT2D eigenvalue weighted by Crippen LogP contribution is 2.37. The Morgan fingerprint density at radius 1 is 1.39 bits per heavy atom. The van der Waals surface area contributed by atoms with Crippen molar-refractivity contribution in [3.05, 3.63) is 34.9 Å². The van der Waals surface area contributed by atoms with Crippen LogP contribution in [-0.2, 0) is 6.42 Å². The number of aryl methyl sites for hydroxylation is 1. The van der Waals surface area contributed by atoms with E-state index in [1.54, 1.807) is 0 Å². The zero-order chi connectivity index (χ0) is 13.3. The summed E-state index contributed by atoms with van der Waals surface area (Å²) in [6, 6.07) is 2.72. The van der Waals surface area contributed by atoms with Gasteiger partial charge in [0.25, 0.3) is 0 Å². The maximum Gasteiger partial charge on any atom is 0.134 e. The molecule has 1 aromatic rings. The zero-order valence-electron chi connectivity index (χ0n) is 10.9. The van der Waals surface area contributed by atoms with Gasteiger partial charge in [-0.25, -0.2) is 8.78 Å². The monoisotopic (exact) mass is 254 g/mol. The van der Waals surface area contributed by atoms with Gasteiger partial charge in [-0.1, -0.05) is 13.0 Å². The zero-order valence-corrected chi connectivity index (χ0v) is 10.9. The van der Waals surface area contributed by atoms with Crippen LogP contribution in [0.15, 0.2) is 12.1 Å². The Labute approximate surface area is 107 Å². The highest BCUT2D eigenvalue weighted by molar-refractivity contribution is 5.31. The number of likely N-dealkylation sites (tertiary alicyclic amines) is 1. The van der Waals surface area contributed by atoms with Crippen LogP contribution in [0.4, 0.5) is 8.78 Å². The van der Waals surface area contributed by atoms with Gasteiger partial charge in [0.1, 0.15) is 11.6 Å². The molecule has 2 atom stereocenters. The second kappa shape index (κ2) is 5.33. The molecule has 1 fully saturated rings. The number of nitrogens with two attached hydrogens (primary N) is 1. The molecule has 1 heterocycles. The molecule has 0 amide bonds. The first kappa shape index (κ1) is 13.4. The lowest BCUT2D eigenvalue weighted by molar-refractivity contribution is 0.298. The standard InChI is InChI=1S/C14H20F2N2/c1-3-10-4-5-11(15)13(14(10)16)12-6-9(7-17)8-18(12)2/h4-5,9,12H,3,6-8,17H2,1-2H3. The van der Waals surface area contributed by atoms with E-state index in [9.17, 15) is 8.78 Å². The van der Waals surface area contributed by atoms with Gasteiger partial charge in [-0.05, 0) is 44.0 Å². The van der Waals surface area contributed by atoms with E-state index in [1.807, 2.05) is 18.9 Å². The molecular formula is C14H20F2N2. The second-order valence-corrected chi connectivity index (χ2v) is 5.08. The summed E-state index contributed by atoms with van der Waals surface area (Å²) in [5, 5.41) is 0. The summed E-state index contributed by atoms with van der Waals surface area (Å²) in [4.78, 5) is 2.00. The minimum Gasteiger partial charge on any atom is -0.330 e. The van der Waals surface area contributed by atoms with Gasteiger partial charge in [-0.15, -0.1) is 0 Å². The molecule has 0 aromatic heterocycles. The molecular weight excluding hydrogens is 234 g/mol. The van der Waals surface area contributed by atoms with Gasteiger partial charge in [-0.2, -0.15) is 0 Å². The third kappa shape index (κ3) is 2.27. The summed E-state index contributed by atoms with van der Waals surface area (Å²) in [5.74, 6) is -0.504. The topological polar surface area (TPSA) is 29.3 Å². The Bertz CT molecular complexity index is 434. The SMILES string of the molecule is CCc1ccc(F)c(C2CC(CN)CN2C)c1F. The molecule has 18 heavy (non-hydrogen) atoms. The predicted molar refractivity (Wildman–Crippen MR) is 68.3 cm³/mol. The first-order valence-electron chi connectivity index (χ1n) is 6.45. The Hall–Kier alpha value is -1.00. The Balaban J connectivity index is 2.38. The second-order valence-electron chi connectivity index (χ2n) is 5.08. The summed E-state index contributed by atoms with van der Waals surface area (Å²) in [7, 11) is 1.90. The lowest BCUT2D eigenvalue weighted by atomic mass is 9.96. The van der Waals surface area contributed by atoms with Gasteiger partial charge in [0.05, 0.1) is 0 Å². The van der Waals surface area contributed by atoms with Crippen molar-refractivity contribution in [2.45, 2.75) is 25.8 Å². The van der Waals surface area contributed by atoms with Crippen LogP contribution in [0, 0.1) is 17.6 Å². The fourth-order valence-corrected chi connectivity index (χ4v) is 2.81. The van der Waals surface area contributed by atoms with Crippen molar-refractivity contribution in [2.24, 2.45) is 11.7 Å². The molecule has 0 radical (unpaired) electrons. The van der Waals surface area contributed by atoms with Crippen LogP contribution in [0.25, 0.3) is 0 Å². The number of halogens is 2. The van der Waals surface area contributed by atoms with Gasteiger partial charge in [0.15, 0.2) is 0 Å². The fraction of sp³-hybridized carbons (Fsp3) is 0.571.